The summed E-state index contributed by atoms with van der Waals surface area (Å²) >= 11 is 0. The molecule has 1 aromatic heterocycles. The number of carbonyl (C=O) groups is 1. The highest BCUT2D eigenvalue weighted by Gasteiger charge is 2.12. The predicted molar refractivity (Wildman–Crippen MR) is 101 cm³/mol. The molecule has 138 valence electrons. The zero-order valence-electron chi connectivity index (χ0n) is 15.6. The van der Waals surface area contributed by atoms with E-state index in [1.807, 2.05) is 23.4 Å². The predicted octanol–water partition coefficient (Wildman–Crippen LogP) is 2.94. The molecule has 2 aromatic rings. The summed E-state index contributed by atoms with van der Waals surface area (Å²) in [7, 11) is 0. The number of ether oxygens (including phenoxy) is 2. The third kappa shape index (κ3) is 3.96. The maximum Gasteiger partial charge on any atom is 0.338 e. The van der Waals surface area contributed by atoms with E-state index in [1.165, 1.54) is 0 Å². The van der Waals surface area contributed by atoms with Gasteiger partial charge in [-0.3, -0.25) is 5.01 Å². The van der Waals surface area contributed by atoms with E-state index in [9.17, 15) is 4.79 Å². The highest BCUT2D eigenvalue weighted by atomic mass is 16.5. The molecule has 0 saturated carbocycles. The van der Waals surface area contributed by atoms with E-state index in [2.05, 4.69) is 29.6 Å². The minimum atomic E-state index is -0.293. The molecule has 6 heteroatoms. The van der Waals surface area contributed by atoms with Crippen LogP contribution in [-0.2, 0) is 9.47 Å². The van der Waals surface area contributed by atoms with Gasteiger partial charge in [-0.25, -0.2) is 4.79 Å². The molecule has 1 saturated heterocycles. The van der Waals surface area contributed by atoms with Crippen molar-refractivity contribution in [3.05, 3.63) is 52.8 Å². The van der Waals surface area contributed by atoms with Gasteiger partial charge in [-0.05, 0) is 51.1 Å². The van der Waals surface area contributed by atoms with Gasteiger partial charge in [-0.15, -0.1) is 0 Å². The van der Waals surface area contributed by atoms with Crippen molar-refractivity contribution in [2.24, 2.45) is 5.10 Å². The van der Waals surface area contributed by atoms with Crippen molar-refractivity contribution < 1.29 is 14.3 Å². The summed E-state index contributed by atoms with van der Waals surface area (Å²) in [6.45, 7) is 9.42. The van der Waals surface area contributed by atoms with Gasteiger partial charge < -0.3 is 14.0 Å². The Bertz CT molecular complexity index is 787. The van der Waals surface area contributed by atoms with Crippen LogP contribution in [0.3, 0.4) is 0 Å². The fourth-order valence-corrected chi connectivity index (χ4v) is 3.09. The number of benzene rings is 1. The van der Waals surface area contributed by atoms with E-state index >= 15 is 0 Å². The fourth-order valence-electron chi connectivity index (χ4n) is 3.09. The Labute approximate surface area is 154 Å². The van der Waals surface area contributed by atoms with Crippen molar-refractivity contribution >= 4 is 12.2 Å². The molecule has 3 rings (SSSR count). The van der Waals surface area contributed by atoms with Gasteiger partial charge in [0, 0.05) is 22.6 Å². The largest absolute Gasteiger partial charge is 0.462 e. The minimum Gasteiger partial charge on any atom is -0.462 e. The standard InChI is InChI=1S/C20H25N3O3/c1-4-26-20(24)17-5-7-19(8-6-17)23-15(2)13-18(16(23)3)14-21-22-9-11-25-12-10-22/h5-8,13-14H,4,9-12H2,1-3H3. The van der Waals surface area contributed by atoms with E-state index in [0.717, 1.165) is 48.9 Å². The number of hydrogen-bond acceptors (Lipinski definition) is 5. The van der Waals surface area contributed by atoms with Crippen molar-refractivity contribution in [3.8, 4) is 5.69 Å². The molecule has 0 N–H and O–H groups in total. The molecule has 0 spiro atoms. The molecule has 0 amide bonds. The molecule has 0 aliphatic carbocycles. The molecule has 0 radical (unpaired) electrons. The monoisotopic (exact) mass is 355 g/mol. The van der Waals surface area contributed by atoms with E-state index in [-0.39, 0.29) is 5.97 Å². The van der Waals surface area contributed by atoms with Gasteiger partial charge in [0.1, 0.15) is 0 Å². The highest BCUT2D eigenvalue weighted by molar-refractivity contribution is 5.89. The lowest BCUT2D eigenvalue weighted by Crippen LogP contribution is -2.32. The van der Waals surface area contributed by atoms with Gasteiger partial charge in [-0.2, -0.15) is 5.10 Å². The van der Waals surface area contributed by atoms with E-state index < -0.39 is 0 Å². The van der Waals surface area contributed by atoms with Crippen molar-refractivity contribution in [1.82, 2.24) is 9.58 Å². The van der Waals surface area contributed by atoms with Gasteiger partial charge in [0.15, 0.2) is 0 Å². The first kappa shape index (κ1) is 18.2. The molecule has 2 heterocycles. The van der Waals surface area contributed by atoms with E-state index in [0.29, 0.717) is 12.2 Å². The third-order valence-corrected chi connectivity index (χ3v) is 4.45. The average Bonchev–Trinajstić information content (AvgIpc) is 2.95. The fraction of sp³-hybridized carbons (Fsp3) is 0.400. The maximum atomic E-state index is 11.8. The summed E-state index contributed by atoms with van der Waals surface area (Å²) in [5, 5.41) is 6.61. The molecular formula is C20H25N3O3. The SMILES string of the molecule is CCOC(=O)c1ccc(-n2c(C)cc(C=NN3CCOCC3)c2C)cc1. The first-order valence-electron chi connectivity index (χ1n) is 8.93. The molecule has 0 atom stereocenters. The molecule has 1 aliphatic heterocycles. The Morgan fingerprint density at radius 2 is 1.92 bits per heavy atom. The Balaban J connectivity index is 1.81. The van der Waals surface area contributed by atoms with Crippen molar-refractivity contribution in [2.75, 3.05) is 32.9 Å². The normalized spacial score (nSPS) is 14.8. The number of aryl methyl sites for hydroxylation is 1. The number of rotatable bonds is 5. The molecule has 0 bridgehead atoms. The van der Waals surface area contributed by atoms with Crippen LogP contribution in [0, 0.1) is 13.8 Å². The molecule has 1 aromatic carbocycles. The lowest BCUT2D eigenvalue weighted by molar-refractivity contribution is 0.0397. The van der Waals surface area contributed by atoms with Crippen LogP contribution in [0.2, 0.25) is 0 Å². The summed E-state index contributed by atoms with van der Waals surface area (Å²) in [5.41, 5.74) is 4.90. The van der Waals surface area contributed by atoms with Gasteiger partial charge in [-0.1, -0.05) is 0 Å². The molecule has 1 aliphatic rings. The molecule has 0 unspecified atom stereocenters. The van der Waals surface area contributed by atoms with Crippen molar-refractivity contribution in [1.29, 1.82) is 0 Å². The van der Waals surface area contributed by atoms with Crippen LogP contribution in [0.5, 0.6) is 0 Å². The van der Waals surface area contributed by atoms with Crippen molar-refractivity contribution in [2.45, 2.75) is 20.8 Å². The number of carbonyl (C=O) groups excluding carboxylic acids is 1. The third-order valence-electron chi connectivity index (χ3n) is 4.45. The zero-order chi connectivity index (χ0) is 18.5. The van der Waals surface area contributed by atoms with Gasteiger partial charge >= 0.3 is 5.97 Å². The number of hydrazone groups is 1. The average molecular weight is 355 g/mol. The summed E-state index contributed by atoms with van der Waals surface area (Å²) in [5.74, 6) is -0.293. The molecule has 26 heavy (non-hydrogen) atoms. The second-order valence-electron chi connectivity index (χ2n) is 6.24. The highest BCUT2D eigenvalue weighted by Crippen LogP contribution is 2.20. The van der Waals surface area contributed by atoms with Crippen LogP contribution < -0.4 is 0 Å². The van der Waals surface area contributed by atoms with Gasteiger partial charge in [0.25, 0.3) is 0 Å². The molecule has 1 fully saturated rings. The Kier molecular flexibility index (Phi) is 5.73. The van der Waals surface area contributed by atoms with Crippen LogP contribution in [0.4, 0.5) is 0 Å². The first-order valence-corrected chi connectivity index (χ1v) is 8.93. The van der Waals surface area contributed by atoms with Crippen LogP contribution in [-0.4, -0.2) is 54.7 Å². The molecule has 6 nitrogen and oxygen atoms in total. The van der Waals surface area contributed by atoms with Crippen LogP contribution in [0.1, 0.15) is 34.2 Å². The second kappa shape index (κ2) is 8.19. The molecular weight excluding hydrogens is 330 g/mol. The maximum absolute atomic E-state index is 11.8. The van der Waals surface area contributed by atoms with E-state index in [4.69, 9.17) is 9.47 Å². The summed E-state index contributed by atoms with van der Waals surface area (Å²) in [6, 6.07) is 9.60. The Hall–Kier alpha value is -2.60. The smallest absolute Gasteiger partial charge is 0.338 e. The van der Waals surface area contributed by atoms with Crippen LogP contribution >= 0.6 is 0 Å². The van der Waals surface area contributed by atoms with Gasteiger partial charge in [0.05, 0.1) is 44.7 Å². The number of aromatic nitrogens is 1. The summed E-state index contributed by atoms with van der Waals surface area (Å²) < 4.78 is 12.5. The number of hydrogen-bond donors (Lipinski definition) is 0. The van der Waals surface area contributed by atoms with Crippen LogP contribution in [0.15, 0.2) is 35.4 Å². The number of esters is 1. The van der Waals surface area contributed by atoms with Gasteiger partial charge in [0.2, 0.25) is 0 Å². The zero-order valence-corrected chi connectivity index (χ0v) is 15.6. The Morgan fingerprint density at radius 3 is 2.58 bits per heavy atom. The minimum absolute atomic E-state index is 0.293. The van der Waals surface area contributed by atoms with Crippen molar-refractivity contribution in [3.63, 3.8) is 0 Å². The first-order chi connectivity index (χ1) is 12.6. The number of morpholine rings is 1. The quantitative estimate of drug-likeness (QED) is 0.611. The summed E-state index contributed by atoms with van der Waals surface area (Å²) in [4.78, 5) is 11.8. The Morgan fingerprint density at radius 1 is 1.23 bits per heavy atom. The second-order valence-corrected chi connectivity index (χ2v) is 6.24. The van der Waals surface area contributed by atoms with Crippen LogP contribution in [0.25, 0.3) is 5.69 Å². The number of nitrogens with zero attached hydrogens (tertiary/aromatic N) is 3. The lowest BCUT2D eigenvalue weighted by Gasteiger charge is -2.23. The lowest BCUT2D eigenvalue weighted by atomic mass is 10.2. The summed E-state index contributed by atoms with van der Waals surface area (Å²) in [6.07, 6.45) is 1.91. The topological polar surface area (TPSA) is 56.1 Å². The van der Waals surface area contributed by atoms with E-state index in [1.54, 1.807) is 19.1 Å².